The molecule has 0 aromatic heterocycles. The van der Waals surface area contributed by atoms with Crippen molar-refractivity contribution in [3.05, 3.63) is 65.5 Å². The van der Waals surface area contributed by atoms with Gasteiger partial charge in [-0.15, -0.1) is 0 Å². The lowest BCUT2D eigenvalue weighted by Gasteiger charge is -2.22. The van der Waals surface area contributed by atoms with Crippen LogP contribution < -0.4 is 0 Å². The highest BCUT2D eigenvalue weighted by molar-refractivity contribution is 5.81. The van der Waals surface area contributed by atoms with E-state index in [2.05, 4.69) is 43.8 Å². The molecule has 0 radical (unpaired) electrons. The van der Waals surface area contributed by atoms with Gasteiger partial charge in [-0.05, 0) is 22.1 Å². The fraction of sp³-hybridized carbons (Fsp3) is 0.235. The van der Waals surface area contributed by atoms with Crippen molar-refractivity contribution >= 4 is 5.69 Å². The molecule has 18 heavy (non-hydrogen) atoms. The number of hydrogen-bond donors (Lipinski definition) is 0. The molecule has 0 amide bonds. The van der Waals surface area contributed by atoms with Gasteiger partial charge in [0, 0.05) is 0 Å². The van der Waals surface area contributed by atoms with Gasteiger partial charge in [0.25, 0.3) is 0 Å². The van der Waals surface area contributed by atoms with Crippen molar-refractivity contribution in [3.63, 3.8) is 0 Å². The van der Waals surface area contributed by atoms with E-state index in [0.717, 1.165) is 22.4 Å². The van der Waals surface area contributed by atoms with Crippen LogP contribution in [0.4, 0.5) is 5.69 Å². The molecule has 0 aliphatic heterocycles. The third kappa shape index (κ3) is 2.28. The second-order valence-electron chi connectivity index (χ2n) is 5.43. The minimum atomic E-state index is -0.00925. The lowest BCUT2D eigenvalue weighted by molar-refractivity contribution is 0.593. The fourth-order valence-corrected chi connectivity index (χ4v) is 2.12. The van der Waals surface area contributed by atoms with E-state index in [0.29, 0.717) is 0 Å². The van der Waals surface area contributed by atoms with Crippen molar-refractivity contribution in [1.29, 1.82) is 0 Å². The Balaban J connectivity index is 2.68. The van der Waals surface area contributed by atoms with Crippen molar-refractivity contribution < 1.29 is 0 Å². The number of benzene rings is 2. The van der Waals surface area contributed by atoms with Gasteiger partial charge in [-0.2, -0.15) is 0 Å². The molecule has 1 nitrogen and oxygen atoms in total. The Morgan fingerprint density at radius 3 is 2.11 bits per heavy atom. The molecular formula is C17H17N. The van der Waals surface area contributed by atoms with Crippen LogP contribution in [-0.4, -0.2) is 0 Å². The van der Waals surface area contributed by atoms with Gasteiger partial charge in [0.1, 0.15) is 0 Å². The lowest BCUT2D eigenvalue weighted by atomic mass is 9.83. The molecule has 2 aromatic carbocycles. The first-order valence-electron chi connectivity index (χ1n) is 6.10. The molecule has 0 saturated carbocycles. The van der Waals surface area contributed by atoms with Crippen LogP contribution in [0.3, 0.4) is 0 Å². The van der Waals surface area contributed by atoms with Gasteiger partial charge in [0.2, 0.25) is 0 Å². The Hall–Kier alpha value is -2.07. The number of hydrogen-bond acceptors (Lipinski definition) is 0. The average molecular weight is 235 g/mol. The van der Waals surface area contributed by atoms with Gasteiger partial charge in [-0.3, -0.25) is 0 Å². The van der Waals surface area contributed by atoms with Gasteiger partial charge < -0.3 is 0 Å². The van der Waals surface area contributed by atoms with Gasteiger partial charge in [0.15, 0.2) is 5.69 Å². The summed E-state index contributed by atoms with van der Waals surface area (Å²) in [7, 11) is 0. The van der Waals surface area contributed by atoms with Crippen molar-refractivity contribution in [2.45, 2.75) is 26.2 Å². The Morgan fingerprint density at radius 1 is 0.889 bits per heavy atom. The van der Waals surface area contributed by atoms with E-state index in [9.17, 15) is 0 Å². The molecule has 0 heterocycles. The SMILES string of the molecule is [C-]#[N+]c1c(-c2ccccc2)cccc1C(C)(C)C. The van der Waals surface area contributed by atoms with E-state index in [1.165, 1.54) is 0 Å². The zero-order valence-corrected chi connectivity index (χ0v) is 11.1. The van der Waals surface area contributed by atoms with E-state index in [-0.39, 0.29) is 5.41 Å². The van der Waals surface area contributed by atoms with E-state index in [1.54, 1.807) is 0 Å². The molecule has 0 bridgehead atoms. The predicted molar refractivity (Wildman–Crippen MR) is 76.8 cm³/mol. The van der Waals surface area contributed by atoms with Crippen LogP contribution in [0.1, 0.15) is 26.3 Å². The number of rotatable bonds is 1. The first kappa shape index (κ1) is 12.4. The predicted octanol–water partition coefficient (Wildman–Crippen LogP) is 5.20. The molecule has 0 atom stereocenters. The third-order valence-electron chi connectivity index (χ3n) is 3.04. The summed E-state index contributed by atoms with van der Waals surface area (Å²) in [5.41, 5.74) is 4.01. The zero-order chi connectivity index (χ0) is 13.2. The maximum absolute atomic E-state index is 7.48. The highest BCUT2D eigenvalue weighted by Gasteiger charge is 2.20. The third-order valence-corrected chi connectivity index (χ3v) is 3.04. The highest BCUT2D eigenvalue weighted by Crippen LogP contribution is 2.39. The molecule has 2 aromatic rings. The number of nitrogens with zero attached hydrogens (tertiary/aromatic N) is 1. The molecule has 90 valence electrons. The van der Waals surface area contributed by atoms with Crippen LogP contribution in [0.2, 0.25) is 0 Å². The summed E-state index contributed by atoms with van der Waals surface area (Å²) in [4.78, 5) is 3.76. The summed E-state index contributed by atoms with van der Waals surface area (Å²) in [6.45, 7) is 13.9. The zero-order valence-electron chi connectivity index (χ0n) is 11.1. The number of para-hydroxylation sites is 1. The summed E-state index contributed by atoms with van der Waals surface area (Å²) < 4.78 is 0. The van der Waals surface area contributed by atoms with Crippen molar-refractivity contribution in [2.75, 3.05) is 0 Å². The maximum Gasteiger partial charge on any atom is 0.198 e. The molecular weight excluding hydrogens is 218 g/mol. The Bertz CT molecular complexity index is 583. The van der Waals surface area contributed by atoms with Crippen LogP contribution in [0.25, 0.3) is 16.0 Å². The molecule has 0 saturated heterocycles. The standard InChI is InChI=1S/C17H17N/c1-17(2,3)15-12-8-11-14(16(15)18-4)13-9-6-5-7-10-13/h5-12H,1-3H3. The van der Waals surface area contributed by atoms with Crippen molar-refractivity contribution in [2.24, 2.45) is 0 Å². The lowest BCUT2D eigenvalue weighted by Crippen LogP contribution is -2.11. The van der Waals surface area contributed by atoms with Crippen molar-refractivity contribution in [1.82, 2.24) is 0 Å². The van der Waals surface area contributed by atoms with Crippen molar-refractivity contribution in [3.8, 4) is 11.1 Å². The van der Waals surface area contributed by atoms with Gasteiger partial charge >= 0.3 is 0 Å². The summed E-state index contributed by atoms with van der Waals surface area (Å²) >= 11 is 0. The van der Waals surface area contributed by atoms with Crippen LogP contribution in [0, 0.1) is 6.57 Å². The second kappa shape index (κ2) is 4.66. The monoisotopic (exact) mass is 235 g/mol. The molecule has 0 unspecified atom stereocenters. The molecule has 0 spiro atoms. The van der Waals surface area contributed by atoms with Crippen LogP contribution in [-0.2, 0) is 5.41 Å². The Labute approximate surface area is 109 Å². The Kier molecular flexibility index (Phi) is 3.21. The molecule has 0 aliphatic carbocycles. The first-order valence-corrected chi connectivity index (χ1v) is 6.10. The minimum Gasteiger partial charge on any atom is -0.237 e. The van der Waals surface area contributed by atoms with Crippen LogP contribution >= 0.6 is 0 Å². The summed E-state index contributed by atoms with van der Waals surface area (Å²) in [5, 5.41) is 0. The molecule has 0 aliphatic rings. The summed E-state index contributed by atoms with van der Waals surface area (Å²) in [5.74, 6) is 0. The fourth-order valence-electron chi connectivity index (χ4n) is 2.12. The Morgan fingerprint density at radius 2 is 1.56 bits per heavy atom. The summed E-state index contributed by atoms with van der Waals surface area (Å²) in [6.07, 6.45) is 0. The molecule has 0 fully saturated rings. The highest BCUT2D eigenvalue weighted by atomic mass is 14.7. The molecule has 0 N–H and O–H groups in total. The molecule has 2 rings (SSSR count). The minimum absolute atomic E-state index is 0.00925. The quantitative estimate of drug-likeness (QED) is 0.598. The van der Waals surface area contributed by atoms with E-state index < -0.39 is 0 Å². The van der Waals surface area contributed by atoms with Gasteiger partial charge in [0.05, 0.1) is 6.57 Å². The van der Waals surface area contributed by atoms with E-state index in [4.69, 9.17) is 6.57 Å². The smallest absolute Gasteiger partial charge is 0.198 e. The second-order valence-corrected chi connectivity index (χ2v) is 5.43. The van der Waals surface area contributed by atoms with Gasteiger partial charge in [-0.1, -0.05) is 69.3 Å². The first-order chi connectivity index (χ1) is 8.54. The normalized spacial score (nSPS) is 11.0. The van der Waals surface area contributed by atoms with Crippen LogP contribution in [0.15, 0.2) is 48.5 Å². The topological polar surface area (TPSA) is 4.36 Å². The summed E-state index contributed by atoms with van der Waals surface area (Å²) in [6, 6.07) is 16.2. The van der Waals surface area contributed by atoms with E-state index >= 15 is 0 Å². The van der Waals surface area contributed by atoms with E-state index in [1.807, 2.05) is 30.3 Å². The largest absolute Gasteiger partial charge is 0.237 e. The van der Waals surface area contributed by atoms with Crippen LogP contribution in [0.5, 0.6) is 0 Å². The van der Waals surface area contributed by atoms with Gasteiger partial charge in [-0.25, -0.2) is 4.85 Å². The average Bonchev–Trinajstić information content (AvgIpc) is 2.37. The maximum atomic E-state index is 7.48. The molecule has 1 heteroatoms.